The fourth-order valence-electron chi connectivity index (χ4n) is 1.81. The Morgan fingerprint density at radius 3 is 2.71 bits per heavy atom. The third-order valence-electron chi connectivity index (χ3n) is 2.92. The highest BCUT2D eigenvalue weighted by atomic mass is 32.2. The van der Waals surface area contributed by atoms with Gasteiger partial charge in [-0.1, -0.05) is 0 Å². The lowest BCUT2D eigenvalue weighted by molar-refractivity contribution is 0.112. The van der Waals surface area contributed by atoms with Crippen LogP contribution in [-0.4, -0.2) is 36.8 Å². The van der Waals surface area contributed by atoms with E-state index in [4.69, 9.17) is 4.74 Å². The maximum Gasteiger partial charge on any atom is 0.253 e. The van der Waals surface area contributed by atoms with Crippen molar-refractivity contribution < 1.29 is 22.3 Å². The Labute approximate surface area is 121 Å². The van der Waals surface area contributed by atoms with E-state index < -0.39 is 15.8 Å². The number of hydrogen-bond donors (Lipinski definition) is 0. The lowest BCUT2D eigenvalue weighted by Gasteiger charge is -2.07. The normalized spacial score (nSPS) is 11.4. The standard InChI is InChI=1S/C13H13FN2O4S/c1-3-21(18,19)16-5-4-12(15-16)9-6-10(8-17)13(20-2)11(14)7-9/h4-8H,3H2,1-2H3. The molecular formula is C13H13FN2O4S. The molecule has 112 valence electrons. The number of halogens is 1. The van der Waals surface area contributed by atoms with Crippen LogP contribution in [0.3, 0.4) is 0 Å². The van der Waals surface area contributed by atoms with E-state index in [2.05, 4.69) is 5.10 Å². The van der Waals surface area contributed by atoms with E-state index in [1.165, 1.54) is 32.4 Å². The molecule has 0 saturated heterocycles. The van der Waals surface area contributed by atoms with Gasteiger partial charge in [0.1, 0.15) is 0 Å². The van der Waals surface area contributed by atoms with Gasteiger partial charge in [-0.3, -0.25) is 4.79 Å². The Kier molecular flexibility index (Phi) is 4.08. The number of aromatic nitrogens is 2. The lowest BCUT2D eigenvalue weighted by Crippen LogP contribution is -2.15. The zero-order valence-electron chi connectivity index (χ0n) is 11.4. The van der Waals surface area contributed by atoms with Crippen molar-refractivity contribution in [3.05, 3.63) is 35.8 Å². The Morgan fingerprint density at radius 2 is 2.14 bits per heavy atom. The van der Waals surface area contributed by atoms with Crippen molar-refractivity contribution in [3.8, 4) is 17.0 Å². The highest BCUT2D eigenvalue weighted by Crippen LogP contribution is 2.28. The first-order valence-corrected chi connectivity index (χ1v) is 7.66. The summed E-state index contributed by atoms with van der Waals surface area (Å²) in [6.45, 7) is 1.49. The molecule has 0 aliphatic rings. The van der Waals surface area contributed by atoms with Crippen LogP contribution in [0.25, 0.3) is 11.3 Å². The molecule has 6 nitrogen and oxygen atoms in total. The van der Waals surface area contributed by atoms with Crippen molar-refractivity contribution in [1.82, 2.24) is 9.19 Å². The van der Waals surface area contributed by atoms with Gasteiger partial charge >= 0.3 is 0 Å². The van der Waals surface area contributed by atoms with Gasteiger partial charge in [-0.25, -0.2) is 12.8 Å². The number of ether oxygens (including phenoxy) is 1. The van der Waals surface area contributed by atoms with Crippen molar-refractivity contribution in [2.75, 3.05) is 12.9 Å². The third-order valence-corrected chi connectivity index (χ3v) is 4.42. The number of carbonyl (C=O) groups is 1. The third kappa shape index (κ3) is 2.80. The maximum absolute atomic E-state index is 13.9. The Hall–Kier alpha value is -2.22. The molecule has 0 N–H and O–H groups in total. The summed E-state index contributed by atoms with van der Waals surface area (Å²) in [4.78, 5) is 11.0. The molecule has 1 heterocycles. The summed E-state index contributed by atoms with van der Waals surface area (Å²) < 4.78 is 42.9. The van der Waals surface area contributed by atoms with Gasteiger partial charge in [0.05, 0.1) is 24.1 Å². The van der Waals surface area contributed by atoms with E-state index in [0.717, 1.165) is 10.2 Å². The Morgan fingerprint density at radius 1 is 1.43 bits per heavy atom. The minimum Gasteiger partial charge on any atom is -0.493 e. The van der Waals surface area contributed by atoms with Crippen LogP contribution in [0.2, 0.25) is 0 Å². The average Bonchev–Trinajstić information content (AvgIpc) is 2.96. The molecule has 0 unspecified atom stereocenters. The van der Waals surface area contributed by atoms with Crippen molar-refractivity contribution in [2.45, 2.75) is 6.92 Å². The van der Waals surface area contributed by atoms with Crippen LogP contribution in [0.4, 0.5) is 4.39 Å². The van der Waals surface area contributed by atoms with Crippen LogP contribution >= 0.6 is 0 Å². The summed E-state index contributed by atoms with van der Waals surface area (Å²) in [6.07, 6.45) is 1.74. The summed E-state index contributed by atoms with van der Waals surface area (Å²) in [5, 5.41) is 3.90. The predicted molar refractivity (Wildman–Crippen MR) is 74.4 cm³/mol. The molecule has 0 atom stereocenters. The largest absolute Gasteiger partial charge is 0.493 e. The molecule has 1 aromatic heterocycles. The van der Waals surface area contributed by atoms with Gasteiger partial charge in [-0.05, 0) is 25.1 Å². The first-order valence-electron chi connectivity index (χ1n) is 6.05. The second kappa shape index (κ2) is 5.65. The quantitative estimate of drug-likeness (QED) is 0.785. The van der Waals surface area contributed by atoms with E-state index in [-0.39, 0.29) is 22.8 Å². The average molecular weight is 312 g/mol. The summed E-state index contributed by atoms with van der Waals surface area (Å²) >= 11 is 0. The van der Waals surface area contributed by atoms with Crippen LogP contribution < -0.4 is 4.74 Å². The molecular weight excluding hydrogens is 299 g/mol. The molecule has 0 saturated carbocycles. The topological polar surface area (TPSA) is 78.3 Å². The second-order valence-electron chi connectivity index (χ2n) is 4.17. The summed E-state index contributed by atoms with van der Waals surface area (Å²) in [7, 11) is -2.25. The fraction of sp³-hybridized carbons (Fsp3) is 0.231. The molecule has 0 aliphatic carbocycles. The van der Waals surface area contributed by atoms with Crippen molar-refractivity contribution in [2.24, 2.45) is 0 Å². The number of carbonyl (C=O) groups excluding carboxylic acids is 1. The van der Waals surface area contributed by atoms with Crippen LogP contribution in [0.1, 0.15) is 17.3 Å². The van der Waals surface area contributed by atoms with Crippen molar-refractivity contribution in [1.29, 1.82) is 0 Å². The van der Waals surface area contributed by atoms with Crippen LogP contribution in [-0.2, 0) is 10.0 Å². The molecule has 0 aliphatic heterocycles. The van der Waals surface area contributed by atoms with Gasteiger partial charge in [0.2, 0.25) is 0 Å². The molecule has 2 aromatic rings. The zero-order chi connectivity index (χ0) is 15.6. The fourth-order valence-corrected chi connectivity index (χ4v) is 2.54. The van der Waals surface area contributed by atoms with Crippen molar-refractivity contribution >= 4 is 16.3 Å². The molecule has 8 heteroatoms. The Bertz CT molecular complexity index is 783. The molecule has 1 aromatic carbocycles. The minimum absolute atomic E-state index is 0.0281. The Balaban J connectivity index is 2.53. The maximum atomic E-state index is 13.9. The number of aldehydes is 1. The SMILES string of the molecule is CCS(=O)(=O)n1ccc(-c2cc(F)c(OC)c(C=O)c2)n1. The first kappa shape index (κ1) is 15.2. The van der Waals surface area contributed by atoms with Gasteiger partial charge < -0.3 is 4.74 Å². The highest BCUT2D eigenvalue weighted by molar-refractivity contribution is 7.89. The van der Waals surface area contributed by atoms with Crippen LogP contribution in [0, 0.1) is 5.82 Å². The van der Waals surface area contributed by atoms with Crippen LogP contribution in [0.15, 0.2) is 24.4 Å². The van der Waals surface area contributed by atoms with Gasteiger partial charge in [-0.2, -0.15) is 9.19 Å². The highest BCUT2D eigenvalue weighted by Gasteiger charge is 2.16. The number of methoxy groups -OCH3 is 1. The summed E-state index contributed by atoms with van der Waals surface area (Å²) in [5.74, 6) is -0.982. The van der Waals surface area contributed by atoms with E-state index >= 15 is 0 Å². The predicted octanol–water partition coefficient (Wildman–Crippen LogP) is 1.71. The van der Waals surface area contributed by atoms with Crippen molar-refractivity contribution in [3.63, 3.8) is 0 Å². The number of hydrogen-bond acceptors (Lipinski definition) is 5. The van der Waals surface area contributed by atoms with Gasteiger partial charge in [0.25, 0.3) is 10.0 Å². The lowest BCUT2D eigenvalue weighted by atomic mass is 10.1. The molecule has 0 amide bonds. The number of benzene rings is 1. The van der Waals surface area contributed by atoms with Gasteiger partial charge in [0.15, 0.2) is 17.9 Å². The second-order valence-corrected chi connectivity index (χ2v) is 6.29. The molecule has 0 radical (unpaired) electrons. The van der Waals surface area contributed by atoms with Crippen LogP contribution in [0.5, 0.6) is 5.75 Å². The van der Waals surface area contributed by atoms with E-state index in [1.807, 2.05) is 0 Å². The monoisotopic (exact) mass is 312 g/mol. The summed E-state index contributed by atoms with van der Waals surface area (Å²) in [5.41, 5.74) is 0.567. The molecule has 21 heavy (non-hydrogen) atoms. The minimum atomic E-state index is -3.51. The van der Waals surface area contributed by atoms with E-state index in [0.29, 0.717) is 11.8 Å². The zero-order valence-corrected chi connectivity index (χ0v) is 12.2. The molecule has 0 fully saturated rings. The smallest absolute Gasteiger partial charge is 0.253 e. The van der Waals surface area contributed by atoms with E-state index in [1.54, 1.807) is 0 Å². The van der Waals surface area contributed by atoms with Gasteiger partial charge in [0, 0.05) is 11.8 Å². The first-order chi connectivity index (χ1) is 9.92. The molecule has 0 bridgehead atoms. The van der Waals surface area contributed by atoms with E-state index in [9.17, 15) is 17.6 Å². The number of nitrogens with zero attached hydrogens (tertiary/aromatic N) is 2. The molecule has 2 rings (SSSR count). The summed E-state index contributed by atoms with van der Waals surface area (Å²) in [6, 6.07) is 3.96. The van der Waals surface area contributed by atoms with Gasteiger partial charge in [-0.15, -0.1) is 0 Å². The number of rotatable bonds is 5. The molecule has 0 spiro atoms.